The smallest absolute Gasteiger partial charge is 0.165 e. The summed E-state index contributed by atoms with van der Waals surface area (Å²) < 4.78 is 0. The Hall–Kier alpha value is -3.02. The van der Waals surface area contributed by atoms with Gasteiger partial charge >= 0.3 is 26.2 Å². The Bertz CT molecular complexity index is 1850. The average Bonchev–Trinajstić information content (AvgIpc) is 3.55. The molecular weight excluding hydrogens is 668 g/mol. The molecule has 0 heterocycles. The minimum atomic E-state index is 0. The minimum absolute atomic E-state index is 0. The molecule has 0 spiro atoms. The largest absolute Gasteiger partial charge is 2.00 e. The van der Waals surface area contributed by atoms with Gasteiger partial charge in [-0.15, -0.1) is 69.1 Å². The first-order valence-electron chi connectivity index (χ1n) is 17.8. The summed E-state index contributed by atoms with van der Waals surface area (Å²) in [6, 6.07) is 36.8. The summed E-state index contributed by atoms with van der Waals surface area (Å²) in [5.41, 5.74) is 14.2. The molecule has 0 saturated carbocycles. The van der Waals surface area contributed by atoms with Crippen LogP contribution in [-0.4, -0.2) is 0 Å². The predicted molar refractivity (Wildman–Crippen MR) is 214 cm³/mol. The zero-order valence-corrected chi connectivity index (χ0v) is 35.2. The summed E-state index contributed by atoms with van der Waals surface area (Å²) in [6.07, 6.45) is 0. The molecule has 0 aliphatic rings. The average molecular weight is 726 g/mol. The van der Waals surface area contributed by atoms with Crippen LogP contribution in [0.1, 0.15) is 116 Å². The Morgan fingerprint density at radius 2 is 0.673 bits per heavy atom. The van der Waals surface area contributed by atoms with E-state index < -0.39 is 0 Å². The second-order valence-corrected chi connectivity index (χ2v) is 18.3. The van der Waals surface area contributed by atoms with Gasteiger partial charge in [0.25, 0.3) is 0 Å². The maximum Gasteiger partial charge on any atom is 2.00 e. The van der Waals surface area contributed by atoms with Crippen LogP contribution in [0, 0.1) is 13.8 Å². The molecular formula is C48H58Zr. The first-order chi connectivity index (χ1) is 22.1. The Balaban J connectivity index is 0.000000216. The zero-order chi connectivity index (χ0) is 35.4. The third kappa shape index (κ3) is 8.84. The van der Waals surface area contributed by atoms with E-state index in [1.165, 1.54) is 77.2 Å². The fraction of sp³-hybridized carbons (Fsp3) is 0.375. The maximum atomic E-state index is 2.39. The van der Waals surface area contributed by atoms with E-state index in [0.717, 1.165) is 0 Å². The van der Waals surface area contributed by atoms with Gasteiger partial charge in [-0.25, -0.2) is 0 Å². The summed E-state index contributed by atoms with van der Waals surface area (Å²) >= 11 is 0. The van der Waals surface area contributed by atoms with E-state index in [1.807, 2.05) is 0 Å². The molecule has 0 atom stereocenters. The molecule has 49 heavy (non-hydrogen) atoms. The number of hydrogen-bond donors (Lipinski definition) is 0. The summed E-state index contributed by atoms with van der Waals surface area (Å²) in [5, 5.41) is 5.40. The molecule has 1 heteroatoms. The van der Waals surface area contributed by atoms with Crippen molar-refractivity contribution >= 4 is 21.5 Å². The molecule has 0 N–H and O–H groups in total. The number of fused-ring (bicyclic) bond motifs is 2. The van der Waals surface area contributed by atoms with E-state index in [0.29, 0.717) is 0 Å². The van der Waals surface area contributed by atoms with Crippen molar-refractivity contribution in [3.8, 4) is 22.3 Å². The molecule has 0 aliphatic heterocycles. The number of benzene rings is 4. The van der Waals surface area contributed by atoms with Crippen LogP contribution in [0.4, 0.5) is 0 Å². The van der Waals surface area contributed by atoms with Crippen LogP contribution < -0.4 is 0 Å². The Kier molecular flexibility index (Phi) is 11.0. The van der Waals surface area contributed by atoms with E-state index in [-0.39, 0.29) is 47.9 Å². The molecule has 0 saturated heterocycles. The second kappa shape index (κ2) is 13.9. The molecule has 0 unspecified atom stereocenters. The molecule has 0 radical (unpaired) electrons. The van der Waals surface area contributed by atoms with Crippen molar-refractivity contribution in [3.63, 3.8) is 0 Å². The van der Waals surface area contributed by atoms with Crippen molar-refractivity contribution in [2.75, 3.05) is 0 Å². The van der Waals surface area contributed by atoms with Gasteiger partial charge in [0.15, 0.2) is 0 Å². The molecule has 0 nitrogen and oxygen atoms in total. The number of hydrogen-bond acceptors (Lipinski definition) is 0. The SMILES string of the molecule is Cc1cc2c(-c3cc(C(C)(C)C)cc(C(C)(C)C)c3)cccc2[cH-]1.Cc1cc2c(-c3cc(C(C)(C)C)cc(C(C)(C)C)c3)cccc2[cH-]1.[Zr+2]. The van der Waals surface area contributed by atoms with Crippen molar-refractivity contribution in [1.82, 2.24) is 0 Å². The summed E-state index contributed by atoms with van der Waals surface area (Å²) in [5.74, 6) is 0. The van der Waals surface area contributed by atoms with E-state index in [1.54, 1.807) is 0 Å². The minimum Gasteiger partial charge on any atom is -0.165 e. The summed E-state index contributed by atoms with van der Waals surface area (Å²) in [6.45, 7) is 31.9. The molecule has 0 fully saturated rings. The van der Waals surface area contributed by atoms with Gasteiger partial charge < -0.3 is 0 Å². The van der Waals surface area contributed by atoms with E-state index >= 15 is 0 Å². The van der Waals surface area contributed by atoms with Crippen molar-refractivity contribution in [3.05, 3.63) is 130 Å². The third-order valence-electron chi connectivity index (χ3n) is 9.74. The Morgan fingerprint density at radius 3 is 0.939 bits per heavy atom. The number of aryl methyl sites for hydroxylation is 2. The van der Waals surface area contributed by atoms with Gasteiger partial charge in [0.2, 0.25) is 0 Å². The second-order valence-electron chi connectivity index (χ2n) is 18.3. The molecule has 0 bridgehead atoms. The molecule has 6 aromatic rings. The predicted octanol–water partition coefficient (Wildman–Crippen LogP) is 14.3. The first kappa shape index (κ1) is 38.8. The van der Waals surface area contributed by atoms with E-state index in [9.17, 15) is 0 Å². The van der Waals surface area contributed by atoms with Gasteiger partial charge in [-0.2, -0.15) is 12.1 Å². The summed E-state index contributed by atoms with van der Waals surface area (Å²) in [4.78, 5) is 0. The Morgan fingerprint density at radius 1 is 0.388 bits per heavy atom. The molecule has 6 rings (SSSR count). The fourth-order valence-electron chi connectivity index (χ4n) is 6.57. The summed E-state index contributed by atoms with van der Waals surface area (Å²) in [7, 11) is 0. The molecule has 0 aromatic heterocycles. The normalized spacial score (nSPS) is 12.5. The van der Waals surface area contributed by atoms with Crippen molar-refractivity contribution in [2.45, 2.75) is 119 Å². The van der Waals surface area contributed by atoms with Gasteiger partial charge in [-0.1, -0.05) is 157 Å². The first-order valence-corrected chi connectivity index (χ1v) is 17.8. The van der Waals surface area contributed by atoms with Gasteiger partial charge in [0.05, 0.1) is 0 Å². The van der Waals surface area contributed by atoms with Crippen molar-refractivity contribution in [1.29, 1.82) is 0 Å². The van der Waals surface area contributed by atoms with Crippen LogP contribution >= 0.6 is 0 Å². The fourth-order valence-corrected chi connectivity index (χ4v) is 6.57. The standard InChI is InChI=1S/2C24H29.Zr/c2*1-16-11-17-9-8-10-21(22(17)12-16)18-13-19(23(2,3)4)15-20(14-18)24(5,6)7;/h2*8-15H,1-7H3;/q2*-1;+2. The van der Waals surface area contributed by atoms with Crippen LogP contribution in [0.3, 0.4) is 0 Å². The van der Waals surface area contributed by atoms with Crippen LogP contribution in [0.5, 0.6) is 0 Å². The van der Waals surface area contributed by atoms with Gasteiger partial charge in [0, 0.05) is 0 Å². The van der Waals surface area contributed by atoms with Crippen LogP contribution in [-0.2, 0) is 47.9 Å². The van der Waals surface area contributed by atoms with Crippen LogP contribution in [0.25, 0.3) is 43.8 Å². The molecule has 0 aliphatic carbocycles. The number of rotatable bonds is 2. The van der Waals surface area contributed by atoms with Gasteiger partial charge in [-0.3, -0.25) is 0 Å². The zero-order valence-electron chi connectivity index (χ0n) is 32.7. The maximum absolute atomic E-state index is 2.39. The Labute approximate surface area is 317 Å². The quantitative estimate of drug-likeness (QED) is 0.156. The topological polar surface area (TPSA) is 0 Å². The van der Waals surface area contributed by atoms with Crippen LogP contribution in [0.15, 0.2) is 97.1 Å². The van der Waals surface area contributed by atoms with Gasteiger partial charge in [-0.05, 0) is 55.0 Å². The third-order valence-corrected chi connectivity index (χ3v) is 9.74. The van der Waals surface area contributed by atoms with Gasteiger partial charge in [0.1, 0.15) is 0 Å². The molecule has 254 valence electrons. The van der Waals surface area contributed by atoms with Crippen molar-refractivity contribution < 1.29 is 26.2 Å². The van der Waals surface area contributed by atoms with E-state index in [2.05, 4.69) is 194 Å². The van der Waals surface area contributed by atoms with Crippen LogP contribution in [0.2, 0.25) is 0 Å². The van der Waals surface area contributed by atoms with E-state index in [4.69, 9.17) is 0 Å². The molecule has 0 amide bonds. The van der Waals surface area contributed by atoms with Crippen molar-refractivity contribution in [2.24, 2.45) is 0 Å². The monoisotopic (exact) mass is 724 g/mol. The molecule has 6 aromatic carbocycles.